The van der Waals surface area contributed by atoms with Crippen molar-refractivity contribution in [3.05, 3.63) is 381 Å². The van der Waals surface area contributed by atoms with E-state index in [0.29, 0.717) is 0 Å². The highest BCUT2D eigenvalue weighted by Crippen LogP contribution is 2.47. The highest BCUT2D eigenvalue weighted by Gasteiger charge is 2.21. The van der Waals surface area contributed by atoms with Gasteiger partial charge in [0.15, 0.2) is 0 Å². The number of nitrogens with zero attached hydrogens (tertiary/aromatic N) is 1. The molecule has 0 radical (unpaired) electrons. The number of furan rings is 2. The third-order valence-corrected chi connectivity index (χ3v) is 22.3. The molecule has 103 heavy (non-hydrogen) atoms. The summed E-state index contributed by atoms with van der Waals surface area (Å²) in [6.45, 7) is 0. The molecule has 20 rings (SSSR count). The van der Waals surface area contributed by atoms with Gasteiger partial charge in [0.25, 0.3) is 0 Å². The van der Waals surface area contributed by atoms with Crippen LogP contribution in [-0.2, 0) is 0 Å². The van der Waals surface area contributed by atoms with E-state index in [1.807, 2.05) is 71.2 Å². The molecule has 0 aliphatic heterocycles. The lowest BCUT2D eigenvalue weighted by Crippen LogP contribution is -2.10. The summed E-state index contributed by atoms with van der Waals surface area (Å²) in [4.78, 5) is 2.36. The van der Waals surface area contributed by atoms with Crippen LogP contribution >= 0.6 is 38.6 Å². The number of nitrogens with one attached hydrogen (secondary N) is 1. The van der Waals surface area contributed by atoms with Crippen LogP contribution in [0.1, 0.15) is 0 Å². The summed E-state index contributed by atoms with van der Waals surface area (Å²) in [6, 6.07) is 133. The first-order valence-corrected chi connectivity index (χ1v) is 37.0. The average molecular weight is 1420 g/mol. The maximum Gasteiger partial charge on any atom is 0.137 e. The van der Waals surface area contributed by atoms with Gasteiger partial charge in [-0.25, -0.2) is 0 Å². The fraction of sp³-hybridized carbons (Fsp3) is 0. The van der Waals surface area contributed by atoms with Gasteiger partial charge in [0.1, 0.15) is 22.3 Å². The zero-order chi connectivity index (χ0) is 68.6. The molecule has 1 N–H and O–H groups in total. The van der Waals surface area contributed by atoms with Gasteiger partial charge in [0.05, 0.1) is 22.1 Å². The third-order valence-electron chi connectivity index (χ3n) is 19.4. The molecule has 0 atom stereocenters. The van der Waals surface area contributed by atoms with Gasteiger partial charge in [-0.3, -0.25) is 0 Å². The van der Waals surface area contributed by atoms with Crippen molar-refractivity contribution in [2.45, 2.75) is 0 Å². The predicted octanol–water partition coefficient (Wildman–Crippen LogP) is 29.6. The molecular formula is C96H63BrN2O2S2. The van der Waals surface area contributed by atoms with Gasteiger partial charge in [0, 0.05) is 72.7 Å². The van der Waals surface area contributed by atoms with Crippen LogP contribution in [0.3, 0.4) is 0 Å². The van der Waals surface area contributed by atoms with Crippen LogP contribution < -0.4 is 10.2 Å². The topological polar surface area (TPSA) is 41.6 Å². The summed E-state index contributed by atoms with van der Waals surface area (Å²) < 4.78 is 18.8. The highest BCUT2D eigenvalue weighted by atomic mass is 79.9. The molecule has 20 aromatic rings. The van der Waals surface area contributed by atoms with Crippen LogP contribution in [0.25, 0.3) is 151 Å². The quantitative estimate of drug-likeness (QED) is 0.140. The Balaban J connectivity index is 0.000000123. The minimum Gasteiger partial charge on any atom is -0.456 e. The zero-order valence-corrected chi connectivity index (χ0v) is 59.0. The standard InChI is InChI=1S/C48H31NOS.C30H21NO.C18H11BrS/c1-2-10-32(11-3-1)33-20-22-34(23-21-33)35-24-28-37(29-25-35)49(43-16-9-18-45-47(43)42-13-4-6-17-44(42)50-45)38-30-26-36(27-31-38)39-14-8-15-41-40-12-5-7-19-46(40)51-48(39)41;1-2-7-21(8-3-1)22-13-15-23(16-14-22)24-17-19-25(20-18-24)31-27-10-6-12-29-30(27)26-9-4-5-11-28(26)32-29;19-13-10-8-12(9-11-13)14-5-3-6-16-15-4-1-2-7-17(15)20-18(14)16/h1-31H;1-20,31H;1-11H. The van der Waals surface area contributed by atoms with Crippen LogP contribution in [0.5, 0.6) is 0 Å². The van der Waals surface area contributed by atoms with Crippen molar-refractivity contribution in [2.75, 3.05) is 10.2 Å². The molecular weight excluding hydrogens is 1360 g/mol. The summed E-state index contributed by atoms with van der Waals surface area (Å²) in [7, 11) is 0. The maximum absolute atomic E-state index is 6.35. The minimum absolute atomic E-state index is 0.877. The number of benzene rings is 16. The third kappa shape index (κ3) is 12.4. The van der Waals surface area contributed by atoms with Crippen LogP contribution in [0.2, 0.25) is 0 Å². The summed E-state index contributed by atoms with van der Waals surface area (Å²) in [5.74, 6) is 0. The van der Waals surface area contributed by atoms with Gasteiger partial charge in [-0.1, -0.05) is 295 Å². The van der Waals surface area contributed by atoms with Crippen LogP contribution in [0.4, 0.5) is 28.4 Å². The minimum atomic E-state index is 0.877. The molecule has 4 aromatic heterocycles. The molecule has 0 fully saturated rings. The summed E-state index contributed by atoms with van der Waals surface area (Å²) >= 11 is 7.24. The van der Waals surface area contributed by atoms with Gasteiger partial charge in [-0.05, 0) is 164 Å². The van der Waals surface area contributed by atoms with Crippen molar-refractivity contribution >= 4 is 151 Å². The van der Waals surface area contributed by atoms with E-state index in [9.17, 15) is 0 Å². The molecule has 4 heterocycles. The molecule has 0 bridgehead atoms. The molecule has 0 spiro atoms. The number of halogens is 1. The van der Waals surface area contributed by atoms with Gasteiger partial charge in [0.2, 0.25) is 0 Å². The van der Waals surface area contributed by atoms with Gasteiger partial charge >= 0.3 is 0 Å². The highest BCUT2D eigenvalue weighted by molar-refractivity contribution is 9.10. The van der Waals surface area contributed by atoms with E-state index >= 15 is 0 Å². The summed E-state index contributed by atoms with van der Waals surface area (Å²) in [5, 5.41) is 13.4. The van der Waals surface area contributed by atoms with Crippen molar-refractivity contribution in [2.24, 2.45) is 0 Å². The number of rotatable bonds is 11. The Labute approximate surface area is 613 Å². The fourth-order valence-corrected chi connectivity index (χ4v) is 17.0. The van der Waals surface area contributed by atoms with E-state index in [1.54, 1.807) is 0 Å². The Kier molecular flexibility index (Phi) is 16.9. The van der Waals surface area contributed by atoms with E-state index in [0.717, 1.165) is 76.8 Å². The first kappa shape index (κ1) is 62.9. The zero-order valence-electron chi connectivity index (χ0n) is 55.8. The van der Waals surface area contributed by atoms with Gasteiger partial charge in [-0.2, -0.15) is 0 Å². The van der Waals surface area contributed by atoms with Gasteiger partial charge in [-0.15, -0.1) is 22.7 Å². The number of hydrogen-bond donors (Lipinski definition) is 1. The lowest BCUT2D eigenvalue weighted by Gasteiger charge is -2.26. The second-order valence-electron chi connectivity index (χ2n) is 25.6. The van der Waals surface area contributed by atoms with E-state index < -0.39 is 0 Å². The van der Waals surface area contributed by atoms with Crippen molar-refractivity contribution in [3.63, 3.8) is 0 Å². The fourth-order valence-electron chi connectivity index (χ4n) is 14.3. The largest absolute Gasteiger partial charge is 0.456 e. The molecule has 0 aliphatic rings. The van der Waals surface area contributed by atoms with Gasteiger partial charge < -0.3 is 19.1 Å². The number of para-hydroxylation sites is 2. The lowest BCUT2D eigenvalue weighted by molar-refractivity contribution is 0.668. The summed E-state index contributed by atoms with van der Waals surface area (Å²) in [6.07, 6.45) is 0. The van der Waals surface area contributed by atoms with E-state index in [-0.39, 0.29) is 0 Å². The van der Waals surface area contributed by atoms with Crippen LogP contribution in [0.15, 0.2) is 389 Å². The lowest BCUT2D eigenvalue weighted by atomic mass is 9.99. The van der Waals surface area contributed by atoms with E-state index in [1.165, 1.54) is 107 Å². The molecule has 0 aliphatic carbocycles. The van der Waals surface area contributed by atoms with Crippen LogP contribution in [-0.4, -0.2) is 0 Å². The second kappa shape index (κ2) is 27.6. The SMILES string of the molecule is Brc1ccc(-c2cccc3c2sc2ccccc23)cc1.c1ccc(-c2ccc(-c3ccc(N(c4ccc(-c5cccc6c5sc5ccccc56)cc4)c4cccc5oc6ccccc6c45)cc3)cc2)cc1.c1ccc(-c2ccc(-c3ccc(Nc4cccc5oc6ccccc6c45)cc3)cc2)cc1. The maximum atomic E-state index is 6.35. The monoisotopic (exact) mass is 1420 g/mol. The first-order chi connectivity index (χ1) is 51.0. The van der Waals surface area contributed by atoms with Crippen molar-refractivity contribution < 1.29 is 8.83 Å². The molecule has 4 nitrogen and oxygen atoms in total. The predicted molar refractivity (Wildman–Crippen MR) is 444 cm³/mol. The Morgan fingerprint density at radius 3 is 1.08 bits per heavy atom. The van der Waals surface area contributed by atoms with E-state index in [2.05, 4.69) is 354 Å². The Hall–Kier alpha value is -12.4. The summed E-state index contributed by atoms with van der Waals surface area (Å²) in [5.41, 5.74) is 23.6. The number of anilines is 5. The smallest absolute Gasteiger partial charge is 0.137 e. The number of thiophene rings is 2. The molecule has 0 saturated heterocycles. The van der Waals surface area contributed by atoms with E-state index in [4.69, 9.17) is 8.83 Å². The van der Waals surface area contributed by atoms with Crippen molar-refractivity contribution in [1.82, 2.24) is 0 Å². The normalized spacial score (nSPS) is 11.3. The second-order valence-corrected chi connectivity index (χ2v) is 28.6. The average Bonchev–Trinajstić information content (AvgIpc) is 1.69. The molecule has 0 unspecified atom stereocenters. The molecule has 488 valence electrons. The van der Waals surface area contributed by atoms with Crippen molar-refractivity contribution in [1.29, 1.82) is 0 Å². The Bertz CT molecular complexity index is 6420. The molecule has 7 heteroatoms. The Morgan fingerprint density at radius 1 is 0.252 bits per heavy atom. The van der Waals surface area contributed by atoms with Crippen molar-refractivity contribution in [3.8, 4) is 66.8 Å². The molecule has 16 aromatic carbocycles. The molecule has 0 saturated carbocycles. The molecule has 0 amide bonds. The van der Waals surface area contributed by atoms with Crippen LogP contribution in [0, 0.1) is 0 Å². The number of fused-ring (bicyclic) bond motifs is 12. The number of hydrogen-bond acceptors (Lipinski definition) is 6. The Morgan fingerprint density at radius 2 is 0.592 bits per heavy atom. The first-order valence-electron chi connectivity index (χ1n) is 34.5.